The highest BCUT2D eigenvalue weighted by Gasteiger charge is 2.37. The first-order chi connectivity index (χ1) is 8.06. The summed E-state index contributed by atoms with van der Waals surface area (Å²) >= 11 is 0. The van der Waals surface area contributed by atoms with Gasteiger partial charge in [-0.05, 0) is 23.8 Å². The average molecular weight is 238 g/mol. The van der Waals surface area contributed by atoms with Gasteiger partial charge in [-0.1, -0.05) is 0 Å². The third-order valence-corrected chi connectivity index (χ3v) is 3.36. The number of nitrogens with one attached hydrogen (secondary N) is 1. The number of nitrogens with zero attached hydrogens (tertiary/aromatic N) is 1. The number of hydrogen-bond acceptors (Lipinski definition) is 3. The molecule has 3 nitrogen and oxygen atoms in total. The SMILES string of the molecule is COC1(Cc2cc(F)ccc2N(C)C)CNC1. The van der Waals surface area contributed by atoms with Gasteiger partial charge in [-0.2, -0.15) is 0 Å². The van der Waals surface area contributed by atoms with Gasteiger partial charge in [-0.25, -0.2) is 4.39 Å². The summed E-state index contributed by atoms with van der Waals surface area (Å²) < 4.78 is 18.9. The van der Waals surface area contributed by atoms with Crippen molar-refractivity contribution in [2.24, 2.45) is 0 Å². The lowest BCUT2D eigenvalue weighted by Gasteiger charge is -2.42. The van der Waals surface area contributed by atoms with Crippen molar-refractivity contribution in [2.75, 3.05) is 39.2 Å². The van der Waals surface area contributed by atoms with E-state index in [1.165, 1.54) is 6.07 Å². The molecule has 1 aliphatic heterocycles. The van der Waals surface area contributed by atoms with Crippen molar-refractivity contribution in [3.8, 4) is 0 Å². The number of rotatable bonds is 4. The largest absolute Gasteiger partial charge is 0.377 e. The molecule has 1 aromatic carbocycles. The van der Waals surface area contributed by atoms with Crippen molar-refractivity contribution < 1.29 is 9.13 Å². The van der Waals surface area contributed by atoms with Gasteiger partial charge in [0.05, 0.1) is 5.60 Å². The summed E-state index contributed by atoms with van der Waals surface area (Å²) in [4.78, 5) is 2.00. The lowest BCUT2D eigenvalue weighted by atomic mass is 9.88. The van der Waals surface area contributed by atoms with E-state index in [1.807, 2.05) is 25.1 Å². The lowest BCUT2D eigenvalue weighted by molar-refractivity contribution is -0.0501. The summed E-state index contributed by atoms with van der Waals surface area (Å²) in [6, 6.07) is 4.92. The summed E-state index contributed by atoms with van der Waals surface area (Å²) in [5.74, 6) is -0.191. The molecule has 1 aromatic rings. The molecule has 1 fully saturated rings. The zero-order chi connectivity index (χ0) is 12.5. The smallest absolute Gasteiger partial charge is 0.123 e. The van der Waals surface area contributed by atoms with Crippen LogP contribution < -0.4 is 10.2 Å². The van der Waals surface area contributed by atoms with E-state index in [2.05, 4.69) is 5.32 Å². The Hall–Kier alpha value is -1.13. The van der Waals surface area contributed by atoms with E-state index in [1.54, 1.807) is 13.2 Å². The fourth-order valence-electron chi connectivity index (χ4n) is 2.22. The quantitative estimate of drug-likeness (QED) is 0.858. The average Bonchev–Trinajstić information content (AvgIpc) is 2.23. The molecule has 1 aliphatic rings. The molecule has 0 spiro atoms. The number of anilines is 1. The van der Waals surface area contributed by atoms with E-state index in [0.717, 1.165) is 30.8 Å². The van der Waals surface area contributed by atoms with Crippen LogP contribution >= 0.6 is 0 Å². The minimum absolute atomic E-state index is 0.168. The van der Waals surface area contributed by atoms with E-state index in [0.29, 0.717) is 0 Å². The van der Waals surface area contributed by atoms with Gasteiger partial charge >= 0.3 is 0 Å². The van der Waals surface area contributed by atoms with E-state index >= 15 is 0 Å². The zero-order valence-corrected chi connectivity index (χ0v) is 10.6. The van der Waals surface area contributed by atoms with Crippen LogP contribution in [0.25, 0.3) is 0 Å². The number of halogens is 1. The highest BCUT2D eigenvalue weighted by molar-refractivity contribution is 5.53. The van der Waals surface area contributed by atoms with Crippen LogP contribution in [0, 0.1) is 5.82 Å². The second kappa shape index (κ2) is 4.63. The van der Waals surface area contributed by atoms with Crippen molar-refractivity contribution in [3.05, 3.63) is 29.6 Å². The molecule has 94 valence electrons. The Bertz CT molecular complexity index is 397. The molecule has 0 aliphatic carbocycles. The Balaban J connectivity index is 2.27. The van der Waals surface area contributed by atoms with Crippen molar-refractivity contribution in [3.63, 3.8) is 0 Å². The molecule has 0 amide bonds. The van der Waals surface area contributed by atoms with E-state index in [9.17, 15) is 4.39 Å². The summed E-state index contributed by atoms with van der Waals surface area (Å²) in [6.07, 6.45) is 0.738. The van der Waals surface area contributed by atoms with Gasteiger partial charge in [0.25, 0.3) is 0 Å². The van der Waals surface area contributed by atoms with E-state index in [-0.39, 0.29) is 11.4 Å². The van der Waals surface area contributed by atoms with Crippen LogP contribution in [0.4, 0.5) is 10.1 Å². The molecule has 0 unspecified atom stereocenters. The Kier molecular flexibility index (Phi) is 3.35. The molecule has 1 heterocycles. The van der Waals surface area contributed by atoms with Crippen LogP contribution in [-0.2, 0) is 11.2 Å². The second-order valence-corrected chi connectivity index (χ2v) is 4.83. The van der Waals surface area contributed by atoms with Gasteiger partial charge in [-0.15, -0.1) is 0 Å². The van der Waals surface area contributed by atoms with Crippen LogP contribution in [0.3, 0.4) is 0 Å². The normalized spacial score (nSPS) is 17.6. The lowest BCUT2D eigenvalue weighted by Crippen LogP contribution is -2.62. The van der Waals surface area contributed by atoms with E-state index < -0.39 is 0 Å². The second-order valence-electron chi connectivity index (χ2n) is 4.83. The Morgan fingerprint density at radius 3 is 2.59 bits per heavy atom. The Morgan fingerprint density at radius 2 is 2.12 bits per heavy atom. The Morgan fingerprint density at radius 1 is 1.41 bits per heavy atom. The Labute approximate surface area is 102 Å². The van der Waals surface area contributed by atoms with Gasteiger partial charge in [-0.3, -0.25) is 0 Å². The van der Waals surface area contributed by atoms with Crippen LogP contribution in [-0.4, -0.2) is 39.9 Å². The number of methoxy groups -OCH3 is 1. The zero-order valence-electron chi connectivity index (χ0n) is 10.6. The highest BCUT2D eigenvalue weighted by Crippen LogP contribution is 2.28. The predicted molar refractivity (Wildman–Crippen MR) is 67.0 cm³/mol. The molecule has 1 saturated heterocycles. The number of benzene rings is 1. The third kappa shape index (κ3) is 2.42. The first-order valence-corrected chi connectivity index (χ1v) is 5.78. The molecular weight excluding hydrogens is 219 g/mol. The molecule has 0 aromatic heterocycles. The highest BCUT2D eigenvalue weighted by atomic mass is 19.1. The van der Waals surface area contributed by atoms with Crippen LogP contribution in [0.1, 0.15) is 5.56 Å². The minimum Gasteiger partial charge on any atom is -0.377 e. The van der Waals surface area contributed by atoms with Crippen LogP contribution in [0.5, 0.6) is 0 Å². The third-order valence-electron chi connectivity index (χ3n) is 3.36. The van der Waals surface area contributed by atoms with Crippen molar-refractivity contribution in [2.45, 2.75) is 12.0 Å². The molecule has 0 radical (unpaired) electrons. The minimum atomic E-state index is -0.191. The molecule has 0 atom stereocenters. The van der Waals surface area contributed by atoms with Gasteiger partial charge in [0.1, 0.15) is 5.82 Å². The molecule has 1 N–H and O–H groups in total. The first kappa shape index (κ1) is 12.3. The summed E-state index contributed by atoms with van der Waals surface area (Å²) in [6.45, 7) is 1.65. The predicted octanol–water partition coefficient (Wildman–Crippen LogP) is 1.42. The van der Waals surface area contributed by atoms with Gasteiger partial charge in [0, 0.05) is 46.4 Å². The number of ether oxygens (including phenoxy) is 1. The fourth-order valence-corrected chi connectivity index (χ4v) is 2.22. The summed E-state index contributed by atoms with van der Waals surface area (Å²) in [5, 5.41) is 3.20. The number of hydrogen-bond donors (Lipinski definition) is 1. The van der Waals surface area contributed by atoms with Crippen molar-refractivity contribution >= 4 is 5.69 Å². The maximum Gasteiger partial charge on any atom is 0.123 e. The molecule has 0 bridgehead atoms. The molecular formula is C13H19FN2O. The molecule has 17 heavy (non-hydrogen) atoms. The van der Waals surface area contributed by atoms with Gasteiger partial charge in [0.2, 0.25) is 0 Å². The first-order valence-electron chi connectivity index (χ1n) is 5.78. The van der Waals surface area contributed by atoms with Crippen molar-refractivity contribution in [1.82, 2.24) is 5.32 Å². The maximum absolute atomic E-state index is 13.3. The maximum atomic E-state index is 13.3. The topological polar surface area (TPSA) is 24.5 Å². The summed E-state index contributed by atoms with van der Waals surface area (Å²) in [5.41, 5.74) is 1.88. The van der Waals surface area contributed by atoms with Crippen LogP contribution in [0.15, 0.2) is 18.2 Å². The van der Waals surface area contributed by atoms with Crippen LogP contribution in [0.2, 0.25) is 0 Å². The molecule has 2 rings (SSSR count). The summed E-state index contributed by atoms with van der Waals surface area (Å²) in [7, 11) is 5.65. The van der Waals surface area contributed by atoms with Gasteiger partial charge in [0.15, 0.2) is 0 Å². The monoisotopic (exact) mass is 238 g/mol. The molecule has 4 heteroatoms. The standard InChI is InChI=1S/C13H19FN2O/c1-16(2)12-5-4-11(14)6-10(12)7-13(17-3)8-15-9-13/h4-6,15H,7-9H2,1-3H3. The molecule has 0 saturated carbocycles. The van der Waals surface area contributed by atoms with Gasteiger partial charge < -0.3 is 15.0 Å². The fraction of sp³-hybridized carbons (Fsp3) is 0.538. The van der Waals surface area contributed by atoms with Crippen molar-refractivity contribution in [1.29, 1.82) is 0 Å². The van der Waals surface area contributed by atoms with E-state index in [4.69, 9.17) is 4.74 Å².